The van der Waals surface area contributed by atoms with Gasteiger partial charge in [0.2, 0.25) is 0 Å². The molecule has 0 fully saturated rings. The van der Waals surface area contributed by atoms with Crippen LogP contribution in [-0.4, -0.2) is 24.6 Å². The van der Waals surface area contributed by atoms with Gasteiger partial charge in [0.1, 0.15) is 0 Å². The van der Waals surface area contributed by atoms with E-state index in [0.29, 0.717) is 0 Å². The van der Waals surface area contributed by atoms with Crippen LogP contribution in [0.3, 0.4) is 0 Å². The molecule has 2 heteroatoms. The van der Waals surface area contributed by atoms with Crippen LogP contribution < -0.4 is 0 Å². The molecule has 0 amide bonds. The molecule has 0 radical (unpaired) electrons. The maximum atomic E-state index is 3.04. The van der Waals surface area contributed by atoms with E-state index in [9.17, 15) is 0 Å². The quantitative estimate of drug-likeness (QED) is 0.0815. The molecule has 0 saturated heterocycles. The Morgan fingerprint density at radius 1 is 0.370 bits per heavy atom. The first-order valence-electron chi connectivity index (χ1n) is 12.8. The van der Waals surface area contributed by atoms with Crippen molar-refractivity contribution in [2.45, 2.75) is 137 Å². The van der Waals surface area contributed by atoms with Crippen molar-refractivity contribution in [1.29, 1.82) is 0 Å². The van der Waals surface area contributed by atoms with Crippen molar-refractivity contribution >= 4 is 26.3 Å². The van der Waals surface area contributed by atoms with Crippen LogP contribution >= 0.6 is 26.3 Å². The summed E-state index contributed by atoms with van der Waals surface area (Å²) in [5.74, 6) is 0. The van der Waals surface area contributed by atoms with Gasteiger partial charge in [-0.05, 0) is 0 Å². The maximum absolute atomic E-state index is 3.04. The molecule has 0 N–H and O–H groups in total. The second-order valence-corrected chi connectivity index (χ2v) is 22.9. The molecule has 0 rings (SSSR count). The summed E-state index contributed by atoms with van der Waals surface area (Å²) in [6, 6.07) is 0. The molecule has 0 heterocycles. The molecule has 0 bridgehead atoms. The summed E-state index contributed by atoms with van der Waals surface area (Å²) in [5.41, 5.74) is 0. The standard InChI is InChI=1S/C25H54IP/c1-5-9-10-11-12-13-14-15-16-17-18-19-20-21-25-27(26,22-6-2,23-7-3)24-8-4/h5-25H2,1-4H3. The Kier molecular flexibility index (Phi) is 18.7. The molecule has 0 aliphatic carbocycles. The Labute approximate surface area is 187 Å². The van der Waals surface area contributed by atoms with Gasteiger partial charge in [0, 0.05) is 0 Å². The van der Waals surface area contributed by atoms with E-state index in [1.807, 2.05) is 0 Å². The Morgan fingerprint density at radius 3 is 0.963 bits per heavy atom. The fourth-order valence-corrected chi connectivity index (χ4v) is 16.1. The van der Waals surface area contributed by atoms with Crippen molar-refractivity contribution in [1.82, 2.24) is 0 Å². The van der Waals surface area contributed by atoms with Crippen LogP contribution in [0.15, 0.2) is 0 Å². The Morgan fingerprint density at radius 2 is 0.667 bits per heavy atom. The number of hydrogen-bond donors (Lipinski definition) is 0. The third-order valence-corrected chi connectivity index (χ3v) is 18.3. The fraction of sp³-hybridized carbons (Fsp3) is 1.00. The summed E-state index contributed by atoms with van der Waals surface area (Å²) in [4.78, 5) is 0. The fourth-order valence-electron chi connectivity index (χ4n) is 5.05. The van der Waals surface area contributed by atoms with Crippen LogP contribution in [0.25, 0.3) is 0 Å². The van der Waals surface area contributed by atoms with Gasteiger partial charge in [-0.2, -0.15) is 0 Å². The van der Waals surface area contributed by atoms with E-state index in [1.54, 1.807) is 24.6 Å². The zero-order valence-electron chi connectivity index (χ0n) is 19.7. The van der Waals surface area contributed by atoms with E-state index >= 15 is 0 Å². The predicted molar refractivity (Wildman–Crippen MR) is 142 cm³/mol. The minimum atomic E-state index is -1.41. The van der Waals surface area contributed by atoms with Gasteiger partial charge < -0.3 is 0 Å². The van der Waals surface area contributed by atoms with E-state index in [0.717, 1.165) is 0 Å². The average Bonchev–Trinajstić information content (AvgIpc) is 2.63. The Balaban J connectivity index is 3.70. The summed E-state index contributed by atoms with van der Waals surface area (Å²) in [6.07, 6.45) is 31.1. The van der Waals surface area contributed by atoms with Gasteiger partial charge in [-0.3, -0.25) is 0 Å². The molecule has 0 spiro atoms. The average molecular weight is 513 g/mol. The van der Waals surface area contributed by atoms with Crippen molar-refractivity contribution in [2.75, 3.05) is 24.6 Å². The van der Waals surface area contributed by atoms with Gasteiger partial charge in [0.05, 0.1) is 0 Å². The van der Waals surface area contributed by atoms with Crippen molar-refractivity contribution in [2.24, 2.45) is 0 Å². The zero-order valence-corrected chi connectivity index (χ0v) is 22.7. The van der Waals surface area contributed by atoms with Gasteiger partial charge in [-0.25, -0.2) is 0 Å². The third kappa shape index (κ3) is 14.7. The van der Waals surface area contributed by atoms with E-state index in [4.69, 9.17) is 0 Å². The summed E-state index contributed by atoms with van der Waals surface area (Å²) < 4.78 is -1.41. The molecular weight excluding hydrogens is 458 g/mol. The van der Waals surface area contributed by atoms with Gasteiger partial charge in [0.15, 0.2) is 0 Å². The number of hydrogen-bond acceptors (Lipinski definition) is 0. The van der Waals surface area contributed by atoms with Crippen LogP contribution in [0.5, 0.6) is 0 Å². The van der Waals surface area contributed by atoms with Gasteiger partial charge in [-0.15, -0.1) is 0 Å². The molecule has 0 aromatic rings. The van der Waals surface area contributed by atoms with Crippen molar-refractivity contribution in [3.05, 3.63) is 0 Å². The van der Waals surface area contributed by atoms with Crippen LogP contribution in [0, 0.1) is 0 Å². The third-order valence-electron chi connectivity index (χ3n) is 6.42. The first-order valence-corrected chi connectivity index (χ1v) is 18.5. The molecule has 166 valence electrons. The first-order chi connectivity index (χ1) is 13.0. The van der Waals surface area contributed by atoms with Crippen LogP contribution in [0.1, 0.15) is 137 Å². The number of unbranched alkanes of at least 4 members (excludes halogenated alkanes) is 13. The van der Waals surface area contributed by atoms with Gasteiger partial charge in [0.25, 0.3) is 0 Å². The topological polar surface area (TPSA) is 0 Å². The molecule has 0 atom stereocenters. The SMILES string of the molecule is CCCCCCCCCCCCCCCCP(I)(CCC)(CCC)CCC. The van der Waals surface area contributed by atoms with Crippen LogP contribution in [0.2, 0.25) is 0 Å². The number of halogens is 1. The van der Waals surface area contributed by atoms with Crippen molar-refractivity contribution < 1.29 is 0 Å². The number of rotatable bonds is 21. The second-order valence-electron chi connectivity index (χ2n) is 9.31. The minimum absolute atomic E-state index is 1.37. The van der Waals surface area contributed by atoms with Crippen LogP contribution in [-0.2, 0) is 0 Å². The summed E-state index contributed by atoms with van der Waals surface area (Å²) in [7, 11) is 0. The molecule has 0 saturated carbocycles. The first kappa shape index (κ1) is 28.2. The molecule has 0 aliphatic rings. The summed E-state index contributed by atoms with van der Waals surface area (Å²) in [5, 5.41) is 0. The molecular formula is C25H54IP. The predicted octanol–water partition coefficient (Wildman–Crippen LogP) is 10.6. The molecule has 0 aromatic carbocycles. The molecule has 0 aromatic heterocycles. The van der Waals surface area contributed by atoms with Crippen molar-refractivity contribution in [3.8, 4) is 0 Å². The summed E-state index contributed by atoms with van der Waals surface area (Å²) >= 11 is 3.04. The molecule has 27 heavy (non-hydrogen) atoms. The van der Waals surface area contributed by atoms with Gasteiger partial charge in [-0.1, -0.05) is 26.2 Å². The van der Waals surface area contributed by atoms with Crippen molar-refractivity contribution in [3.63, 3.8) is 0 Å². The molecule has 0 nitrogen and oxygen atoms in total. The van der Waals surface area contributed by atoms with E-state index in [2.05, 4.69) is 49.7 Å². The monoisotopic (exact) mass is 512 g/mol. The molecule has 0 unspecified atom stereocenters. The molecule has 0 aliphatic heterocycles. The zero-order chi connectivity index (χ0) is 20.3. The van der Waals surface area contributed by atoms with E-state index < -0.39 is 4.25 Å². The normalized spacial score (nSPS) is 13.6. The van der Waals surface area contributed by atoms with E-state index in [1.165, 1.54) is 109 Å². The summed E-state index contributed by atoms with van der Waals surface area (Å²) in [6.45, 7) is 9.55. The Hall–Kier alpha value is 1.16. The Bertz CT molecular complexity index is 296. The van der Waals surface area contributed by atoms with E-state index in [-0.39, 0.29) is 0 Å². The van der Waals surface area contributed by atoms with Gasteiger partial charge >= 0.3 is 162 Å². The van der Waals surface area contributed by atoms with Crippen LogP contribution in [0.4, 0.5) is 0 Å². The second kappa shape index (κ2) is 18.0.